The van der Waals surface area contributed by atoms with E-state index in [1.165, 1.54) is 10.3 Å². The molecule has 1 aliphatic heterocycles. The van der Waals surface area contributed by atoms with Gasteiger partial charge in [-0.25, -0.2) is 13.4 Å². The molecule has 1 saturated heterocycles. The van der Waals surface area contributed by atoms with Crippen LogP contribution in [0.1, 0.15) is 12.0 Å². The molecule has 3 rings (SSSR count). The number of rotatable bonds is 2. The summed E-state index contributed by atoms with van der Waals surface area (Å²) in [7, 11) is -2.84. The van der Waals surface area contributed by atoms with Gasteiger partial charge in [0.05, 0.1) is 21.7 Å². The van der Waals surface area contributed by atoms with E-state index in [0.717, 1.165) is 10.6 Å². The Morgan fingerprint density at radius 3 is 2.94 bits per heavy atom. The molecule has 2 aromatic rings. The summed E-state index contributed by atoms with van der Waals surface area (Å²) in [5.74, 6) is 0.510. The van der Waals surface area contributed by atoms with Gasteiger partial charge in [0, 0.05) is 6.04 Å². The first-order chi connectivity index (χ1) is 8.53. The van der Waals surface area contributed by atoms with Crippen LogP contribution in [0.15, 0.2) is 18.2 Å². The number of fused-ring (bicyclic) bond motifs is 1. The zero-order valence-electron chi connectivity index (χ0n) is 10.0. The Labute approximate surface area is 110 Å². The quantitative estimate of drug-likeness (QED) is 0.917. The summed E-state index contributed by atoms with van der Waals surface area (Å²) in [6.45, 7) is 2.06. The Hall–Kier alpha value is -1.14. The van der Waals surface area contributed by atoms with Gasteiger partial charge in [-0.05, 0) is 25.0 Å². The molecule has 1 aromatic heterocycles. The molecule has 0 aliphatic carbocycles. The number of aromatic nitrogens is 1. The maximum Gasteiger partial charge on any atom is 0.184 e. The fourth-order valence-electron chi connectivity index (χ4n) is 2.23. The molecule has 0 spiro atoms. The second kappa shape index (κ2) is 4.20. The van der Waals surface area contributed by atoms with Crippen molar-refractivity contribution in [3.05, 3.63) is 23.8 Å². The number of hydrogen-bond donors (Lipinski definition) is 1. The highest BCUT2D eigenvalue weighted by Gasteiger charge is 2.28. The lowest BCUT2D eigenvalue weighted by Gasteiger charge is -2.07. The van der Waals surface area contributed by atoms with Gasteiger partial charge < -0.3 is 5.32 Å². The van der Waals surface area contributed by atoms with Gasteiger partial charge in [-0.2, -0.15) is 0 Å². The Balaban J connectivity index is 1.86. The van der Waals surface area contributed by atoms with Crippen LogP contribution >= 0.6 is 11.3 Å². The maximum atomic E-state index is 11.4. The van der Waals surface area contributed by atoms with E-state index in [4.69, 9.17) is 0 Å². The number of nitrogens with zero attached hydrogens (tertiary/aromatic N) is 1. The van der Waals surface area contributed by atoms with Gasteiger partial charge in [-0.15, -0.1) is 0 Å². The normalized spacial score (nSPS) is 22.4. The minimum absolute atomic E-state index is 0.0101. The minimum atomic E-state index is -2.84. The Kier molecular flexibility index (Phi) is 2.79. The van der Waals surface area contributed by atoms with Gasteiger partial charge in [0.2, 0.25) is 0 Å². The molecule has 1 aliphatic rings. The van der Waals surface area contributed by atoms with Crippen molar-refractivity contribution in [2.75, 3.05) is 16.8 Å². The predicted molar refractivity (Wildman–Crippen MR) is 75.0 cm³/mol. The molecular weight excluding hydrogens is 268 g/mol. The number of benzene rings is 1. The molecule has 0 amide bonds. The largest absolute Gasteiger partial charge is 0.358 e. The van der Waals surface area contributed by atoms with E-state index in [9.17, 15) is 8.42 Å². The van der Waals surface area contributed by atoms with Crippen molar-refractivity contribution < 1.29 is 8.42 Å². The van der Waals surface area contributed by atoms with Crippen molar-refractivity contribution in [2.24, 2.45) is 0 Å². The third kappa shape index (κ3) is 2.22. The maximum absolute atomic E-state index is 11.4. The first kappa shape index (κ1) is 11.9. The van der Waals surface area contributed by atoms with Gasteiger partial charge in [-0.1, -0.05) is 23.5 Å². The van der Waals surface area contributed by atoms with E-state index in [1.54, 1.807) is 11.3 Å². The molecule has 4 nitrogen and oxygen atoms in total. The molecule has 0 saturated carbocycles. The van der Waals surface area contributed by atoms with Crippen LogP contribution in [-0.4, -0.2) is 30.9 Å². The van der Waals surface area contributed by atoms with Gasteiger partial charge in [0.25, 0.3) is 0 Å². The van der Waals surface area contributed by atoms with Crippen molar-refractivity contribution in [1.82, 2.24) is 4.98 Å². The average molecular weight is 282 g/mol. The summed E-state index contributed by atoms with van der Waals surface area (Å²) in [6.07, 6.45) is 0.678. The number of thiazole rings is 1. The van der Waals surface area contributed by atoms with E-state index in [0.29, 0.717) is 6.42 Å². The lowest BCUT2D eigenvalue weighted by atomic mass is 10.2. The van der Waals surface area contributed by atoms with E-state index in [2.05, 4.69) is 23.3 Å². The van der Waals surface area contributed by atoms with Crippen molar-refractivity contribution in [3.8, 4) is 0 Å². The molecule has 96 valence electrons. The average Bonchev–Trinajstić information content (AvgIpc) is 2.83. The summed E-state index contributed by atoms with van der Waals surface area (Å²) in [4.78, 5) is 4.50. The molecule has 0 radical (unpaired) electrons. The summed E-state index contributed by atoms with van der Waals surface area (Å²) in [6, 6.07) is 6.04. The summed E-state index contributed by atoms with van der Waals surface area (Å²) < 4.78 is 24.0. The summed E-state index contributed by atoms with van der Waals surface area (Å²) in [5.41, 5.74) is 2.18. The van der Waals surface area contributed by atoms with Crippen molar-refractivity contribution in [2.45, 2.75) is 19.4 Å². The first-order valence-corrected chi connectivity index (χ1v) is 8.50. The van der Waals surface area contributed by atoms with Gasteiger partial charge >= 0.3 is 0 Å². The predicted octanol–water partition coefficient (Wildman–Crippen LogP) is 2.20. The van der Waals surface area contributed by atoms with Crippen LogP contribution in [0.5, 0.6) is 0 Å². The second-order valence-electron chi connectivity index (χ2n) is 4.69. The zero-order chi connectivity index (χ0) is 12.8. The Morgan fingerprint density at radius 2 is 2.28 bits per heavy atom. The standard InChI is InChI=1S/C12H14N2O2S2/c1-8-3-2-4-10-11(8)17-12(14-10)13-9-5-6-18(15,16)7-9/h2-4,9H,5-7H2,1H3,(H,13,14). The van der Waals surface area contributed by atoms with Crippen molar-refractivity contribution >= 4 is 36.5 Å². The summed E-state index contributed by atoms with van der Waals surface area (Å²) >= 11 is 1.59. The third-order valence-corrected chi connectivity index (χ3v) is 6.08. The van der Waals surface area contributed by atoms with Crippen LogP contribution in [-0.2, 0) is 9.84 Å². The Bertz CT molecular complexity index is 691. The Morgan fingerprint density at radius 1 is 1.44 bits per heavy atom. The van der Waals surface area contributed by atoms with E-state index >= 15 is 0 Å². The van der Waals surface area contributed by atoms with E-state index in [-0.39, 0.29) is 17.5 Å². The van der Waals surface area contributed by atoms with Crippen molar-refractivity contribution in [1.29, 1.82) is 0 Å². The first-order valence-electron chi connectivity index (χ1n) is 5.87. The summed E-state index contributed by atoms with van der Waals surface area (Å²) in [5, 5.41) is 4.06. The number of anilines is 1. The molecule has 6 heteroatoms. The number of hydrogen-bond acceptors (Lipinski definition) is 5. The SMILES string of the molecule is Cc1cccc2nc(NC3CCS(=O)(=O)C3)sc12. The van der Waals surface area contributed by atoms with Gasteiger partial charge in [0.15, 0.2) is 15.0 Å². The monoisotopic (exact) mass is 282 g/mol. The number of sulfone groups is 1. The number of nitrogens with one attached hydrogen (secondary N) is 1. The van der Waals surface area contributed by atoms with E-state index in [1.807, 2.05) is 12.1 Å². The van der Waals surface area contributed by atoms with Crippen LogP contribution in [0, 0.1) is 6.92 Å². The highest BCUT2D eigenvalue weighted by molar-refractivity contribution is 7.91. The second-order valence-corrected chi connectivity index (χ2v) is 7.91. The smallest absolute Gasteiger partial charge is 0.184 e. The van der Waals surface area contributed by atoms with Crippen LogP contribution in [0.3, 0.4) is 0 Å². The molecule has 1 unspecified atom stereocenters. The zero-order valence-corrected chi connectivity index (χ0v) is 11.6. The fraction of sp³-hybridized carbons (Fsp3) is 0.417. The lowest BCUT2D eigenvalue weighted by Crippen LogP contribution is -2.20. The molecule has 1 atom stereocenters. The van der Waals surface area contributed by atoms with Crippen LogP contribution in [0.4, 0.5) is 5.13 Å². The van der Waals surface area contributed by atoms with E-state index < -0.39 is 9.84 Å². The molecule has 18 heavy (non-hydrogen) atoms. The number of aryl methyl sites for hydroxylation is 1. The fourth-order valence-corrected chi connectivity index (χ4v) is 4.92. The molecule has 1 fully saturated rings. The molecule has 1 aromatic carbocycles. The van der Waals surface area contributed by atoms with Crippen LogP contribution in [0.25, 0.3) is 10.2 Å². The van der Waals surface area contributed by atoms with Gasteiger partial charge in [0.1, 0.15) is 0 Å². The molecule has 2 heterocycles. The van der Waals surface area contributed by atoms with Gasteiger partial charge in [-0.3, -0.25) is 0 Å². The molecule has 0 bridgehead atoms. The molecule has 1 N–H and O–H groups in total. The minimum Gasteiger partial charge on any atom is -0.358 e. The topological polar surface area (TPSA) is 59.1 Å². The van der Waals surface area contributed by atoms with Crippen LogP contribution in [0.2, 0.25) is 0 Å². The highest BCUT2D eigenvalue weighted by Crippen LogP contribution is 2.29. The third-order valence-electron chi connectivity index (χ3n) is 3.17. The lowest BCUT2D eigenvalue weighted by molar-refractivity contribution is 0.602. The highest BCUT2D eigenvalue weighted by atomic mass is 32.2. The van der Waals surface area contributed by atoms with Crippen LogP contribution < -0.4 is 5.32 Å². The molecular formula is C12H14N2O2S2. The van der Waals surface area contributed by atoms with Crippen molar-refractivity contribution in [3.63, 3.8) is 0 Å².